The second kappa shape index (κ2) is 4.30. The maximum absolute atomic E-state index is 11.8. The van der Waals surface area contributed by atoms with E-state index in [0.717, 1.165) is 13.0 Å². The molecule has 0 aromatic carbocycles. The molecular weight excluding hydrogens is 176 g/mol. The number of carbonyl (C=O) groups is 1. The van der Waals surface area contributed by atoms with Gasteiger partial charge in [0.2, 0.25) is 5.91 Å². The van der Waals surface area contributed by atoms with E-state index in [0.29, 0.717) is 12.5 Å². The number of amides is 1. The molecule has 3 heteroatoms. The average Bonchev–Trinajstić information content (AvgIpc) is 2.53. The molecule has 1 rings (SSSR count). The highest BCUT2D eigenvalue weighted by molar-refractivity contribution is 5.77. The topological polar surface area (TPSA) is 32.3 Å². The van der Waals surface area contributed by atoms with Crippen LogP contribution in [0.15, 0.2) is 0 Å². The lowest BCUT2D eigenvalue weighted by molar-refractivity contribution is -0.134. The molecule has 0 bridgehead atoms. The summed E-state index contributed by atoms with van der Waals surface area (Å²) < 4.78 is 0. The number of nitrogens with zero attached hydrogens (tertiary/aromatic N) is 1. The molecule has 3 nitrogen and oxygen atoms in total. The lowest BCUT2D eigenvalue weighted by Crippen LogP contribution is -2.44. The van der Waals surface area contributed by atoms with Crippen LogP contribution in [-0.2, 0) is 4.79 Å². The molecule has 0 aliphatic carbocycles. The fourth-order valence-electron chi connectivity index (χ4n) is 1.65. The van der Waals surface area contributed by atoms with Crippen molar-refractivity contribution in [2.45, 2.75) is 51.6 Å². The van der Waals surface area contributed by atoms with Crippen LogP contribution in [0.25, 0.3) is 0 Å². The molecule has 1 N–H and O–H groups in total. The Kier molecular flexibility index (Phi) is 3.53. The van der Waals surface area contributed by atoms with E-state index in [1.165, 1.54) is 6.42 Å². The van der Waals surface area contributed by atoms with Crippen LogP contribution in [0, 0.1) is 0 Å². The zero-order chi connectivity index (χ0) is 10.8. The van der Waals surface area contributed by atoms with Gasteiger partial charge in [-0.15, -0.1) is 0 Å². The Labute approximate surface area is 86.9 Å². The molecule has 1 unspecified atom stereocenters. The van der Waals surface area contributed by atoms with Crippen LogP contribution in [0.5, 0.6) is 0 Å². The summed E-state index contributed by atoms with van der Waals surface area (Å²) in [5, 5.41) is 3.35. The normalized spacial score (nSPS) is 22.4. The quantitative estimate of drug-likeness (QED) is 0.727. The molecule has 82 valence electrons. The highest BCUT2D eigenvalue weighted by Gasteiger charge is 2.25. The zero-order valence-electron chi connectivity index (χ0n) is 9.76. The van der Waals surface area contributed by atoms with E-state index >= 15 is 0 Å². The zero-order valence-corrected chi connectivity index (χ0v) is 9.76. The second-order valence-electron chi connectivity index (χ2n) is 5.12. The Morgan fingerprint density at radius 2 is 2.14 bits per heavy atom. The number of carbonyl (C=O) groups excluding carboxylic acids is 1. The molecule has 0 saturated carbocycles. The summed E-state index contributed by atoms with van der Waals surface area (Å²) in [4.78, 5) is 13.7. The first-order valence-electron chi connectivity index (χ1n) is 5.41. The molecule has 1 aliphatic rings. The van der Waals surface area contributed by atoms with Crippen molar-refractivity contribution in [3.8, 4) is 0 Å². The van der Waals surface area contributed by atoms with Crippen molar-refractivity contribution in [1.29, 1.82) is 0 Å². The van der Waals surface area contributed by atoms with Crippen molar-refractivity contribution in [3.05, 3.63) is 0 Å². The minimum Gasteiger partial charge on any atom is -0.341 e. The molecular formula is C11H22N2O. The highest BCUT2D eigenvalue weighted by Crippen LogP contribution is 2.15. The molecule has 1 heterocycles. The Balaban J connectivity index is 2.41. The average molecular weight is 198 g/mol. The van der Waals surface area contributed by atoms with Crippen LogP contribution in [0.4, 0.5) is 0 Å². The maximum atomic E-state index is 11.8. The summed E-state index contributed by atoms with van der Waals surface area (Å²) in [5.41, 5.74) is -0.0598. The second-order valence-corrected chi connectivity index (χ2v) is 5.12. The summed E-state index contributed by atoms with van der Waals surface area (Å²) in [5.74, 6) is 0.247. The summed E-state index contributed by atoms with van der Waals surface area (Å²) >= 11 is 0. The van der Waals surface area contributed by atoms with Gasteiger partial charge < -0.3 is 10.2 Å². The number of rotatable bonds is 2. The van der Waals surface area contributed by atoms with E-state index in [1.807, 2.05) is 11.9 Å². The van der Waals surface area contributed by atoms with Gasteiger partial charge in [0.15, 0.2) is 0 Å². The SMILES string of the molecule is CN(C(=O)CC1CCCN1)C(C)(C)C. The van der Waals surface area contributed by atoms with Crippen molar-refractivity contribution < 1.29 is 4.79 Å². The minimum atomic E-state index is -0.0598. The van der Waals surface area contributed by atoms with Crippen molar-refractivity contribution in [3.63, 3.8) is 0 Å². The molecule has 1 atom stereocenters. The minimum absolute atomic E-state index is 0.0598. The van der Waals surface area contributed by atoms with Gasteiger partial charge in [0.1, 0.15) is 0 Å². The lowest BCUT2D eigenvalue weighted by Gasteiger charge is -2.32. The fourth-order valence-corrected chi connectivity index (χ4v) is 1.65. The number of hydrogen-bond donors (Lipinski definition) is 1. The van der Waals surface area contributed by atoms with Crippen LogP contribution in [-0.4, -0.2) is 36.0 Å². The van der Waals surface area contributed by atoms with Crippen molar-refractivity contribution in [2.75, 3.05) is 13.6 Å². The summed E-state index contributed by atoms with van der Waals surface area (Å²) in [6.45, 7) is 7.25. The van der Waals surface area contributed by atoms with E-state index < -0.39 is 0 Å². The van der Waals surface area contributed by atoms with Crippen molar-refractivity contribution in [1.82, 2.24) is 10.2 Å². The summed E-state index contributed by atoms with van der Waals surface area (Å²) in [6, 6.07) is 0.410. The number of hydrogen-bond acceptors (Lipinski definition) is 2. The van der Waals surface area contributed by atoms with Crippen LogP contribution in [0.2, 0.25) is 0 Å². The third-order valence-corrected chi connectivity index (χ3v) is 2.96. The van der Waals surface area contributed by atoms with Crippen LogP contribution >= 0.6 is 0 Å². The van der Waals surface area contributed by atoms with Crippen LogP contribution in [0.1, 0.15) is 40.0 Å². The Bertz CT molecular complexity index is 202. The van der Waals surface area contributed by atoms with Gasteiger partial charge in [-0.3, -0.25) is 4.79 Å². The fraction of sp³-hybridized carbons (Fsp3) is 0.909. The Morgan fingerprint density at radius 1 is 1.50 bits per heavy atom. The van der Waals surface area contributed by atoms with Gasteiger partial charge >= 0.3 is 0 Å². The molecule has 14 heavy (non-hydrogen) atoms. The van der Waals surface area contributed by atoms with Gasteiger partial charge in [-0.2, -0.15) is 0 Å². The first-order valence-corrected chi connectivity index (χ1v) is 5.41. The van der Waals surface area contributed by atoms with Gasteiger partial charge in [0.25, 0.3) is 0 Å². The van der Waals surface area contributed by atoms with Gasteiger partial charge in [0, 0.05) is 25.0 Å². The van der Waals surface area contributed by atoms with E-state index in [9.17, 15) is 4.79 Å². The Morgan fingerprint density at radius 3 is 2.57 bits per heavy atom. The predicted molar refractivity (Wildman–Crippen MR) is 58.2 cm³/mol. The third-order valence-electron chi connectivity index (χ3n) is 2.96. The standard InChI is InChI=1S/C11H22N2O/c1-11(2,3)13(4)10(14)8-9-6-5-7-12-9/h9,12H,5-8H2,1-4H3. The largest absolute Gasteiger partial charge is 0.341 e. The summed E-state index contributed by atoms with van der Waals surface area (Å²) in [6.07, 6.45) is 2.99. The first-order chi connectivity index (χ1) is 6.41. The molecule has 0 aromatic rings. The van der Waals surface area contributed by atoms with E-state index in [2.05, 4.69) is 26.1 Å². The number of nitrogens with one attached hydrogen (secondary N) is 1. The molecule has 1 aliphatic heterocycles. The third kappa shape index (κ3) is 2.98. The lowest BCUT2D eigenvalue weighted by atomic mass is 10.0. The smallest absolute Gasteiger partial charge is 0.224 e. The van der Waals surface area contributed by atoms with Gasteiger partial charge in [-0.1, -0.05) is 0 Å². The molecule has 0 aromatic heterocycles. The highest BCUT2D eigenvalue weighted by atomic mass is 16.2. The van der Waals surface area contributed by atoms with E-state index in [1.54, 1.807) is 0 Å². The van der Waals surface area contributed by atoms with E-state index in [4.69, 9.17) is 0 Å². The van der Waals surface area contributed by atoms with Gasteiger partial charge in [-0.25, -0.2) is 0 Å². The van der Waals surface area contributed by atoms with Crippen molar-refractivity contribution >= 4 is 5.91 Å². The first kappa shape index (κ1) is 11.5. The van der Waals surface area contributed by atoms with Gasteiger partial charge in [0.05, 0.1) is 0 Å². The molecule has 1 fully saturated rings. The molecule has 0 radical (unpaired) electrons. The van der Waals surface area contributed by atoms with Crippen molar-refractivity contribution in [2.24, 2.45) is 0 Å². The maximum Gasteiger partial charge on any atom is 0.224 e. The van der Waals surface area contributed by atoms with E-state index in [-0.39, 0.29) is 11.4 Å². The molecule has 1 saturated heterocycles. The Hall–Kier alpha value is -0.570. The van der Waals surface area contributed by atoms with Crippen LogP contribution in [0.3, 0.4) is 0 Å². The monoisotopic (exact) mass is 198 g/mol. The molecule has 0 spiro atoms. The summed E-state index contributed by atoms with van der Waals surface area (Å²) in [7, 11) is 1.89. The molecule has 1 amide bonds. The van der Waals surface area contributed by atoms with Crippen LogP contribution < -0.4 is 5.32 Å². The predicted octanol–water partition coefficient (Wildman–Crippen LogP) is 1.39. The van der Waals surface area contributed by atoms with Gasteiger partial charge in [-0.05, 0) is 40.2 Å².